The van der Waals surface area contributed by atoms with E-state index < -0.39 is 0 Å². The van der Waals surface area contributed by atoms with E-state index in [-0.39, 0.29) is 5.97 Å². The molecule has 1 aromatic carbocycles. The molecule has 0 spiro atoms. The van der Waals surface area contributed by atoms with Crippen molar-refractivity contribution in [2.24, 2.45) is 0 Å². The predicted octanol–water partition coefficient (Wildman–Crippen LogP) is 3.77. The smallest absolute Gasteiger partial charge is 0.306 e. The van der Waals surface area contributed by atoms with E-state index in [0.717, 1.165) is 16.8 Å². The lowest BCUT2D eigenvalue weighted by molar-refractivity contribution is -0.140. The van der Waals surface area contributed by atoms with Crippen molar-refractivity contribution in [3.63, 3.8) is 0 Å². The van der Waals surface area contributed by atoms with Crippen LogP contribution < -0.4 is 5.32 Å². The molecule has 0 fully saturated rings. The number of methoxy groups -OCH3 is 1. The number of hydrogen-bond donors (Lipinski definition) is 1. The summed E-state index contributed by atoms with van der Waals surface area (Å²) in [5.74, 6) is 0.575. The molecule has 0 heterocycles. The molecule has 0 aliphatic carbocycles. The standard InChI is InChI=1S/C14H20BrNO2S/c1-4-16-10(2)12-9-11(15)5-6-13(12)19-8-7-14(17)18-3/h5-6,9-10,16H,4,7-8H2,1-3H3. The van der Waals surface area contributed by atoms with E-state index in [2.05, 4.69) is 52.0 Å². The fraction of sp³-hybridized carbons (Fsp3) is 0.500. The van der Waals surface area contributed by atoms with Crippen molar-refractivity contribution < 1.29 is 9.53 Å². The number of halogens is 1. The van der Waals surface area contributed by atoms with Gasteiger partial charge in [-0.15, -0.1) is 11.8 Å². The number of thioether (sulfide) groups is 1. The Labute approximate surface area is 127 Å². The first-order valence-electron chi connectivity index (χ1n) is 6.31. The van der Waals surface area contributed by atoms with E-state index in [9.17, 15) is 4.79 Å². The summed E-state index contributed by atoms with van der Waals surface area (Å²) in [5, 5.41) is 3.41. The molecule has 0 bridgehead atoms. The summed E-state index contributed by atoms with van der Waals surface area (Å²) in [5.41, 5.74) is 1.26. The summed E-state index contributed by atoms with van der Waals surface area (Å²) in [6.45, 7) is 5.17. The zero-order valence-corrected chi connectivity index (χ0v) is 13.9. The van der Waals surface area contributed by atoms with E-state index >= 15 is 0 Å². The molecule has 1 N–H and O–H groups in total. The van der Waals surface area contributed by atoms with Gasteiger partial charge in [-0.25, -0.2) is 0 Å². The second-order valence-electron chi connectivity index (χ2n) is 4.14. The minimum atomic E-state index is -0.161. The van der Waals surface area contributed by atoms with Crippen LogP contribution in [0.2, 0.25) is 0 Å². The van der Waals surface area contributed by atoms with Gasteiger partial charge in [-0.05, 0) is 37.2 Å². The van der Waals surface area contributed by atoms with E-state index in [1.807, 2.05) is 6.07 Å². The van der Waals surface area contributed by atoms with Crippen LogP contribution in [-0.4, -0.2) is 25.4 Å². The van der Waals surface area contributed by atoms with Crippen molar-refractivity contribution in [3.8, 4) is 0 Å². The molecule has 3 nitrogen and oxygen atoms in total. The predicted molar refractivity (Wildman–Crippen MR) is 83.6 cm³/mol. The summed E-state index contributed by atoms with van der Waals surface area (Å²) in [6.07, 6.45) is 0.437. The molecule has 19 heavy (non-hydrogen) atoms. The number of ether oxygens (including phenoxy) is 1. The summed E-state index contributed by atoms with van der Waals surface area (Å²) in [4.78, 5) is 12.3. The number of hydrogen-bond acceptors (Lipinski definition) is 4. The molecule has 1 unspecified atom stereocenters. The third kappa shape index (κ3) is 5.55. The number of nitrogens with one attached hydrogen (secondary N) is 1. The Morgan fingerprint density at radius 1 is 1.53 bits per heavy atom. The number of carbonyl (C=O) groups is 1. The van der Waals surface area contributed by atoms with Crippen LogP contribution in [0.3, 0.4) is 0 Å². The topological polar surface area (TPSA) is 38.3 Å². The lowest BCUT2D eigenvalue weighted by atomic mass is 10.1. The maximum atomic E-state index is 11.1. The number of rotatable bonds is 7. The SMILES string of the molecule is CCNC(C)c1cc(Br)ccc1SCCC(=O)OC. The minimum Gasteiger partial charge on any atom is -0.469 e. The summed E-state index contributed by atoms with van der Waals surface area (Å²) >= 11 is 5.20. The Morgan fingerprint density at radius 2 is 2.26 bits per heavy atom. The fourth-order valence-electron chi connectivity index (χ4n) is 1.75. The van der Waals surface area contributed by atoms with E-state index in [4.69, 9.17) is 0 Å². The van der Waals surface area contributed by atoms with Crippen LogP contribution in [0.5, 0.6) is 0 Å². The maximum Gasteiger partial charge on any atom is 0.306 e. The second-order valence-corrected chi connectivity index (χ2v) is 6.19. The molecule has 0 amide bonds. The molecule has 0 aliphatic rings. The quantitative estimate of drug-likeness (QED) is 0.602. The van der Waals surface area contributed by atoms with Gasteiger partial charge in [0.05, 0.1) is 13.5 Å². The van der Waals surface area contributed by atoms with Crippen LogP contribution in [0.1, 0.15) is 31.9 Å². The molecule has 0 aromatic heterocycles. The highest BCUT2D eigenvalue weighted by Crippen LogP contribution is 2.30. The molecule has 1 aromatic rings. The van der Waals surface area contributed by atoms with Gasteiger partial charge in [0.15, 0.2) is 0 Å². The van der Waals surface area contributed by atoms with E-state index in [0.29, 0.717) is 12.5 Å². The Bertz CT molecular complexity index is 426. The first-order chi connectivity index (χ1) is 9.08. The highest BCUT2D eigenvalue weighted by molar-refractivity contribution is 9.10. The molecular weight excluding hydrogens is 326 g/mol. The molecule has 106 valence electrons. The first kappa shape index (κ1) is 16.5. The van der Waals surface area contributed by atoms with Gasteiger partial charge in [0.1, 0.15) is 0 Å². The normalized spacial score (nSPS) is 12.2. The van der Waals surface area contributed by atoms with Crippen molar-refractivity contribution in [1.29, 1.82) is 0 Å². The van der Waals surface area contributed by atoms with Gasteiger partial charge in [0, 0.05) is 21.2 Å². The highest BCUT2D eigenvalue weighted by atomic mass is 79.9. The van der Waals surface area contributed by atoms with Crippen LogP contribution in [0.25, 0.3) is 0 Å². The van der Waals surface area contributed by atoms with Crippen molar-refractivity contribution in [2.75, 3.05) is 19.4 Å². The van der Waals surface area contributed by atoms with E-state index in [1.54, 1.807) is 11.8 Å². The van der Waals surface area contributed by atoms with Crippen LogP contribution in [-0.2, 0) is 9.53 Å². The largest absolute Gasteiger partial charge is 0.469 e. The van der Waals surface area contributed by atoms with Crippen LogP contribution in [0, 0.1) is 0 Å². The number of esters is 1. The molecule has 1 rings (SSSR count). The third-order valence-electron chi connectivity index (χ3n) is 2.74. The Balaban J connectivity index is 2.73. The van der Waals surface area contributed by atoms with E-state index in [1.165, 1.54) is 17.6 Å². The van der Waals surface area contributed by atoms with Crippen LogP contribution in [0.4, 0.5) is 0 Å². The highest BCUT2D eigenvalue weighted by Gasteiger charge is 2.11. The van der Waals surface area contributed by atoms with Gasteiger partial charge in [-0.1, -0.05) is 22.9 Å². The molecule has 5 heteroatoms. The average Bonchev–Trinajstić information content (AvgIpc) is 2.40. The zero-order chi connectivity index (χ0) is 14.3. The monoisotopic (exact) mass is 345 g/mol. The van der Waals surface area contributed by atoms with Gasteiger partial charge in [-0.3, -0.25) is 4.79 Å². The Kier molecular flexibility index (Phi) is 7.49. The first-order valence-corrected chi connectivity index (χ1v) is 8.08. The van der Waals surface area contributed by atoms with Gasteiger partial charge in [0.2, 0.25) is 0 Å². The maximum absolute atomic E-state index is 11.1. The fourth-order valence-corrected chi connectivity index (χ4v) is 3.19. The lowest BCUT2D eigenvalue weighted by Gasteiger charge is -2.17. The van der Waals surface area contributed by atoms with Gasteiger partial charge >= 0.3 is 5.97 Å². The zero-order valence-electron chi connectivity index (χ0n) is 11.5. The van der Waals surface area contributed by atoms with Crippen LogP contribution in [0.15, 0.2) is 27.6 Å². The molecule has 1 atom stereocenters. The minimum absolute atomic E-state index is 0.161. The van der Waals surface area contributed by atoms with Gasteiger partial charge in [-0.2, -0.15) is 0 Å². The van der Waals surface area contributed by atoms with Crippen molar-refractivity contribution in [1.82, 2.24) is 5.32 Å². The summed E-state index contributed by atoms with van der Waals surface area (Å²) < 4.78 is 5.73. The lowest BCUT2D eigenvalue weighted by Crippen LogP contribution is -2.18. The van der Waals surface area contributed by atoms with Crippen molar-refractivity contribution in [3.05, 3.63) is 28.2 Å². The summed E-state index contributed by atoms with van der Waals surface area (Å²) in [7, 11) is 1.42. The van der Waals surface area contributed by atoms with Crippen LogP contribution >= 0.6 is 27.7 Å². The van der Waals surface area contributed by atoms with Crippen molar-refractivity contribution in [2.45, 2.75) is 31.2 Å². The Morgan fingerprint density at radius 3 is 2.89 bits per heavy atom. The number of carbonyl (C=O) groups excluding carboxylic acids is 1. The van der Waals surface area contributed by atoms with Gasteiger partial charge < -0.3 is 10.1 Å². The summed E-state index contributed by atoms with van der Waals surface area (Å²) in [6, 6.07) is 6.55. The third-order valence-corrected chi connectivity index (χ3v) is 4.32. The molecule has 0 saturated carbocycles. The van der Waals surface area contributed by atoms with Gasteiger partial charge in [0.25, 0.3) is 0 Å². The second kappa shape index (κ2) is 8.61. The van der Waals surface area contributed by atoms with Crippen molar-refractivity contribution >= 4 is 33.7 Å². The number of benzene rings is 1. The molecule has 0 radical (unpaired) electrons. The Hall–Kier alpha value is -0.520. The average molecular weight is 346 g/mol. The molecule has 0 saturated heterocycles. The molecular formula is C14H20BrNO2S. The molecule has 0 aliphatic heterocycles.